The molecule has 0 radical (unpaired) electrons. The lowest BCUT2D eigenvalue weighted by atomic mass is 9.97. The largest absolute Gasteiger partial charge is 0.480 e. The molecule has 0 aliphatic rings. The summed E-state index contributed by atoms with van der Waals surface area (Å²) < 4.78 is 99.7. The van der Waals surface area contributed by atoms with Crippen molar-refractivity contribution in [2.75, 3.05) is 14.1 Å². The van der Waals surface area contributed by atoms with Gasteiger partial charge < -0.3 is 24.3 Å². The summed E-state index contributed by atoms with van der Waals surface area (Å²) in [5.74, 6) is -2.90. The number of pyridine rings is 2. The van der Waals surface area contributed by atoms with Crippen LogP contribution in [0.4, 0.5) is 17.6 Å². The predicted octanol–water partition coefficient (Wildman–Crippen LogP) is 5.61. The number of amides is 2. The number of hydrogen-bond acceptors (Lipinski definition) is 9. The number of rotatable bonds is 9. The number of carbonyl (C=O) groups is 2. The first-order valence-electron chi connectivity index (χ1n) is 15.2. The van der Waals surface area contributed by atoms with Gasteiger partial charge >= 0.3 is 6.18 Å². The molecule has 5 rings (SSSR count). The van der Waals surface area contributed by atoms with Crippen LogP contribution in [0.15, 0.2) is 57.9 Å². The molecule has 5 aromatic rings. The minimum Gasteiger partial charge on any atom is -0.480 e. The second-order valence-corrected chi connectivity index (χ2v) is 10.3. The van der Waals surface area contributed by atoms with E-state index in [0.717, 1.165) is 24.4 Å². The van der Waals surface area contributed by atoms with E-state index in [2.05, 4.69) is 35.3 Å². The molecule has 0 saturated carbocycles. The van der Waals surface area contributed by atoms with Gasteiger partial charge in [-0.2, -0.15) is 18.2 Å². The Morgan fingerprint density at radius 3 is 2.49 bits per heavy atom. The number of ether oxygens (including phenoxy) is 1. The third-order valence-corrected chi connectivity index (χ3v) is 6.78. The van der Waals surface area contributed by atoms with E-state index < -0.39 is 67.0 Å². The summed E-state index contributed by atoms with van der Waals surface area (Å²) in [7, 11) is -1.71. The van der Waals surface area contributed by atoms with Crippen molar-refractivity contribution in [2.24, 2.45) is 0 Å². The maximum absolute atomic E-state index is 13.7. The van der Waals surface area contributed by atoms with Crippen LogP contribution in [0.5, 0.6) is 5.88 Å². The number of furan rings is 1. The molecule has 4 heterocycles. The number of benzene rings is 1. The number of methoxy groups -OCH3 is 1. The molecule has 0 aliphatic heterocycles. The van der Waals surface area contributed by atoms with Crippen molar-refractivity contribution in [3.05, 3.63) is 77.4 Å². The van der Waals surface area contributed by atoms with Crippen molar-refractivity contribution >= 4 is 22.9 Å². The molecule has 11 nitrogen and oxygen atoms in total. The van der Waals surface area contributed by atoms with Crippen molar-refractivity contribution in [3.8, 4) is 28.3 Å². The Balaban J connectivity index is 1.71. The number of nitrogens with one attached hydrogen (secondary N) is 2. The third kappa shape index (κ3) is 6.46. The highest BCUT2D eigenvalue weighted by Crippen LogP contribution is 2.38. The summed E-state index contributed by atoms with van der Waals surface area (Å²) in [6.45, 7) is 2.95. The average Bonchev–Trinajstić information content (AvgIpc) is 3.62. The van der Waals surface area contributed by atoms with Gasteiger partial charge in [0.25, 0.3) is 11.8 Å². The highest BCUT2D eigenvalue weighted by molar-refractivity contribution is 6.11. The number of aromatic nitrogens is 4. The third-order valence-electron chi connectivity index (χ3n) is 6.78. The molecule has 4 aromatic heterocycles. The number of aryl methyl sites for hydroxylation is 1. The quantitative estimate of drug-likeness (QED) is 0.199. The molecule has 0 aliphatic carbocycles. The Morgan fingerprint density at radius 1 is 1.09 bits per heavy atom. The summed E-state index contributed by atoms with van der Waals surface area (Å²) in [6.07, 6.45) is -6.01. The Hall–Kier alpha value is -5.34. The first-order chi connectivity index (χ1) is 22.8. The highest BCUT2D eigenvalue weighted by atomic mass is 19.4. The molecule has 2 amide bonds. The smallest absolute Gasteiger partial charge is 0.389 e. The Morgan fingerprint density at radius 2 is 1.84 bits per heavy atom. The number of hydrogen-bond donors (Lipinski definition) is 2. The molecule has 1 aromatic carbocycles. The van der Waals surface area contributed by atoms with E-state index in [1.807, 2.05) is 0 Å². The second-order valence-electron chi connectivity index (χ2n) is 10.3. The normalized spacial score (nSPS) is 13.5. The maximum Gasteiger partial charge on any atom is 0.389 e. The van der Waals surface area contributed by atoms with E-state index in [4.69, 9.17) is 14.6 Å². The van der Waals surface area contributed by atoms with E-state index >= 15 is 0 Å². The van der Waals surface area contributed by atoms with Crippen molar-refractivity contribution in [1.29, 1.82) is 0 Å². The molecule has 0 saturated heterocycles. The molecule has 2 N–H and O–H groups in total. The summed E-state index contributed by atoms with van der Waals surface area (Å²) in [4.78, 5) is 38.9. The topological polar surface area (TPSA) is 145 Å². The van der Waals surface area contributed by atoms with E-state index in [-0.39, 0.29) is 50.6 Å². The summed E-state index contributed by atoms with van der Waals surface area (Å²) in [5.41, 5.74) is -1.91. The fourth-order valence-electron chi connectivity index (χ4n) is 4.57. The highest BCUT2D eigenvalue weighted by Gasteiger charge is 2.31. The number of alkyl halides is 3. The second kappa shape index (κ2) is 12.0. The van der Waals surface area contributed by atoms with Crippen LogP contribution < -0.4 is 15.4 Å². The zero-order valence-electron chi connectivity index (χ0n) is 27.8. The van der Waals surface area contributed by atoms with Gasteiger partial charge in [-0.1, -0.05) is 5.16 Å². The van der Waals surface area contributed by atoms with Crippen LogP contribution >= 0.6 is 0 Å². The van der Waals surface area contributed by atoms with E-state index in [1.165, 1.54) is 39.1 Å². The fraction of sp³-hybridized carbons (Fsp3) is 0.267. The number of fused-ring (bicyclic) bond motifs is 1. The monoisotopic (exact) mass is 630 g/mol. The van der Waals surface area contributed by atoms with Crippen molar-refractivity contribution in [3.63, 3.8) is 0 Å². The van der Waals surface area contributed by atoms with Gasteiger partial charge in [-0.3, -0.25) is 9.59 Å². The average molecular weight is 631 g/mol. The van der Waals surface area contributed by atoms with E-state index in [1.54, 1.807) is 0 Å². The Bertz CT molecular complexity index is 2050. The van der Waals surface area contributed by atoms with Gasteiger partial charge in [0.15, 0.2) is 5.82 Å². The van der Waals surface area contributed by atoms with E-state index in [9.17, 15) is 27.2 Å². The van der Waals surface area contributed by atoms with Gasteiger partial charge in [0.05, 0.1) is 33.3 Å². The van der Waals surface area contributed by atoms with Crippen LogP contribution in [0.3, 0.4) is 0 Å². The molecule has 0 fully saturated rings. The Labute approximate surface area is 258 Å². The molecule has 45 heavy (non-hydrogen) atoms. The number of nitrogens with zero attached hydrogens (tertiary/aromatic N) is 4. The van der Waals surface area contributed by atoms with Gasteiger partial charge in [0.1, 0.15) is 18.5 Å². The van der Waals surface area contributed by atoms with Crippen molar-refractivity contribution in [2.45, 2.75) is 38.4 Å². The molecule has 0 unspecified atom stereocenters. The van der Waals surface area contributed by atoms with Gasteiger partial charge in [0, 0.05) is 36.4 Å². The standard InChI is InChI=1S/C30H26F4N6O5/c1-29(2,28-37-14-44-40-28)39-24(41)20-11-16(13-36-26(20)43-4)18-12-19-22(25(42)35-3)23(15-5-7-17(31)8-6-15)45-27(19)38-21(18)9-10-30(32,33)34/h5-8,11-14H,9-10H2,1-4H3,(H,35,42)(H,39,41)/i4D3,14D. The van der Waals surface area contributed by atoms with Crippen LogP contribution in [-0.4, -0.2) is 52.2 Å². The molecule has 0 atom stereocenters. The predicted molar refractivity (Wildman–Crippen MR) is 152 cm³/mol. The van der Waals surface area contributed by atoms with Gasteiger partial charge in [-0.05, 0) is 56.7 Å². The molecular formula is C30H26F4N6O5. The van der Waals surface area contributed by atoms with Crippen LogP contribution in [0.2, 0.25) is 0 Å². The van der Waals surface area contributed by atoms with Gasteiger partial charge in [-0.25, -0.2) is 14.4 Å². The van der Waals surface area contributed by atoms with Crippen molar-refractivity contribution < 1.29 is 46.3 Å². The molecule has 15 heteroatoms. The van der Waals surface area contributed by atoms with Crippen LogP contribution in [0, 0.1) is 5.82 Å². The minimum absolute atomic E-state index is 0.00613. The lowest BCUT2D eigenvalue weighted by Crippen LogP contribution is -2.42. The molecular weight excluding hydrogens is 600 g/mol. The van der Waals surface area contributed by atoms with Crippen molar-refractivity contribution in [1.82, 2.24) is 30.7 Å². The SMILES string of the molecule is [2H]c1nc(C(C)(C)NC(=O)c2cc(-c3cc4c(C(=O)NC)c(-c5ccc(F)cc5)oc4nc3CCC(F)(F)F)cnc2OC([2H])([2H])[2H])no1. The lowest BCUT2D eigenvalue weighted by molar-refractivity contribution is -0.134. The lowest BCUT2D eigenvalue weighted by Gasteiger charge is -2.23. The first-order valence-corrected chi connectivity index (χ1v) is 13.2. The Kier molecular flexibility index (Phi) is 6.95. The molecule has 234 valence electrons. The van der Waals surface area contributed by atoms with E-state index in [0.29, 0.717) is 0 Å². The summed E-state index contributed by atoms with van der Waals surface area (Å²) in [5, 5.41) is 8.77. The van der Waals surface area contributed by atoms with Crippen LogP contribution in [0.1, 0.15) is 58.0 Å². The van der Waals surface area contributed by atoms with Crippen LogP contribution in [0.25, 0.3) is 33.6 Å². The number of carbonyl (C=O) groups excluding carboxylic acids is 2. The maximum atomic E-state index is 13.7. The minimum atomic E-state index is -4.59. The van der Waals surface area contributed by atoms with Gasteiger partial charge in [-0.15, -0.1) is 0 Å². The zero-order valence-corrected chi connectivity index (χ0v) is 23.8. The summed E-state index contributed by atoms with van der Waals surface area (Å²) >= 11 is 0. The molecule has 0 bridgehead atoms. The van der Waals surface area contributed by atoms with Crippen LogP contribution in [-0.2, 0) is 12.0 Å². The fourth-order valence-corrected chi connectivity index (χ4v) is 4.57. The first kappa shape index (κ1) is 26.1. The number of halogens is 4. The van der Waals surface area contributed by atoms with Gasteiger partial charge in [0.2, 0.25) is 18.0 Å². The summed E-state index contributed by atoms with van der Waals surface area (Å²) in [6, 6.07) is 7.46. The zero-order chi connectivity index (χ0) is 35.9. The molecule has 0 spiro atoms.